The second-order valence-electron chi connectivity index (χ2n) is 4.17. The molecule has 0 aliphatic carbocycles. The Balaban J connectivity index is 2.40. The first-order valence-electron chi connectivity index (χ1n) is 6.60. The number of carbonyl (C=O) groups is 1. The summed E-state index contributed by atoms with van der Waals surface area (Å²) in [6.45, 7) is 7.79. The van der Waals surface area contributed by atoms with E-state index < -0.39 is 0 Å². The lowest BCUT2D eigenvalue weighted by atomic mass is 10.2. The van der Waals surface area contributed by atoms with E-state index in [-0.39, 0.29) is 5.91 Å². The lowest BCUT2D eigenvalue weighted by molar-refractivity contribution is 0.0949. The molecule has 0 radical (unpaired) electrons. The zero-order valence-electron chi connectivity index (χ0n) is 11.9. The van der Waals surface area contributed by atoms with Crippen LogP contribution >= 0.6 is 0 Å². The summed E-state index contributed by atoms with van der Waals surface area (Å²) in [5, 5.41) is 2.92. The highest BCUT2D eigenvalue weighted by Gasteiger charge is 2.05. The van der Waals surface area contributed by atoms with E-state index in [1.165, 1.54) is 0 Å². The molecule has 5 heteroatoms. The number of nitrogens with zero attached hydrogens (tertiary/aromatic N) is 1. The highest BCUT2D eigenvalue weighted by atomic mass is 16.6. The molecule has 106 valence electrons. The van der Waals surface area contributed by atoms with Crippen molar-refractivity contribution >= 4 is 11.6 Å². The average molecular weight is 265 g/mol. The first-order chi connectivity index (χ1) is 9.21. The van der Waals surface area contributed by atoms with Crippen molar-refractivity contribution in [2.24, 2.45) is 0 Å². The van der Waals surface area contributed by atoms with Gasteiger partial charge in [0.2, 0.25) is 0 Å². The summed E-state index contributed by atoms with van der Waals surface area (Å²) in [5.41, 5.74) is 4.18. The zero-order chi connectivity index (χ0) is 14.1. The van der Waals surface area contributed by atoms with Crippen LogP contribution in [0.25, 0.3) is 0 Å². The number of benzene rings is 1. The number of likely N-dealkylation sites (N-methyl/N-ethyl adjacent to an activating group) is 1. The second kappa shape index (κ2) is 8.50. The predicted octanol–water partition coefficient (Wildman–Crippen LogP) is 1.73. The van der Waals surface area contributed by atoms with Crippen molar-refractivity contribution in [3.8, 4) is 0 Å². The highest BCUT2D eigenvalue weighted by molar-refractivity contribution is 5.94. The third-order valence-electron chi connectivity index (χ3n) is 2.98. The molecule has 1 rings (SSSR count). The third-order valence-corrected chi connectivity index (χ3v) is 2.98. The SMILES string of the molecule is CCN(CC)CCNC(=O)c1ccc(NOC)cc1. The van der Waals surface area contributed by atoms with Crippen molar-refractivity contribution in [3.05, 3.63) is 29.8 Å². The molecule has 0 aliphatic heterocycles. The number of amides is 1. The van der Waals surface area contributed by atoms with E-state index in [9.17, 15) is 4.79 Å². The van der Waals surface area contributed by atoms with Crippen LogP contribution in [0.2, 0.25) is 0 Å². The van der Waals surface area contributed by atoms with Crippen molar-refractivity contribution in [3.63, 3.8) is 0 Å². The maximum absolute atomic E-state index is 11.9. The molecular weight excluding hydrogens is 242 g/mol. The van der Waals surface area contributed by atoms with Gasteiger partial charge in [0.05, 0.1) is 12.8 Å². The molecule has 0 bridgehead atoms. The van der Waals surface area contributed by atoms with Crippen molar-refractivity contribution < 1.29 is 9.63 Å². The number of carbonyl (C=O) groups excluding carboxylic acids is 1. The minimum Gasteiger partial charge on any atom is -0.351 e. The minimum absolute atomic E-state index is 0.0453. The molecule has 0 fully saturated rings. The summed E-state index contributed by atoms with van der Waals surface area (Å²) >= 11 is 0. The minimum atomic E-state index is -0.0453. The number of hydrogen-bond acceptors (Lipinski definition) is 4. The Labute approximate surface area is 114 Å². The van der Waals surface area contributed by atoms with Gasteiger partial charge in [0.15, 0.2) is 0 Å². The average Bonchev–Trinajstić information content (AvgIpc) is 2.44. The number of anilines is 1. The van der Waals surface area contributed by atoms with Gasteiger partial charge in [-0.3, -0.25) is 15.1 Å². The molecular formula is C14H23N3O2. The maximum atomic E-state index is 11.9. The molecule has 0 atom stereocenters. The van der Waals surface area contributed by atoms with E-state index in [2.05, 4.69) is 29.5 Å². The highest BCUT2D eigenvalue weighted by Crippen LogP contribution is 2.09. The van der Waals surface area contributed by atoms with Crippen LogP contribution in [-0.4, -0.2) is 44.1 Å². The van der Waals surface area contributed by atoms with Crippen LogP contribution in [0.4, 0.5) is 5.69 Å². The Bertz CT molecular complexity index is 375. The summed E-state index contributed by atoms with van der Waals surface area (Å²) < 4.78 is 0. The molecule has 19 heavy (non-hydrogen) atoms. The van der Waals surface area contributed by atoms with Crippen LogP contribution in [0.15, 0.2) is 24.3 Å². The monoisotopic (exact) mass is 265 g/mol. The summed E-state index contributed by atoms with van der Waals surface area (Å²) in [6.07, 6.45) is 0. The van der Waals surface area contributed by atoms with Gasteiger partial charge in [-0.1, -0.05) is 13.8 Å². The van der Waals surface area contributed by atoms with Gasteiger partial charge < -0.3 is 10.2 Å². The third kappa shape index (κ3) is 5.28. The first kappa shape index (κ1) is 15.5. The normalized spacial score (nSPS) is 10.5. The Hall–Kier alpha value is -1.59. The lowest BCUT2D eigenvalue weighted by Crippen LogP contribution is -2.34. The molecule has 0 heterocycles. The zero-order valence-corrected chi connectivity index (χ0v) is 11.9. The Morgan fingerprint density at radius 2 is 1.84 bits per heavy atom. The standard InChI is InChI=1S/C14H23N3O2/c1-4-17(5-2)11-10-15-14(18)12-6-8-13(9-7-12)16-19-3/h6-9,16H,4-5,10-11H2,1-3H3,(H,15,18). The topological polar surface area (TPSA) is 53.6 Å². The number of rotatable bonds is 8. The first-order valence-corrected chi connectivity index (χ1v) is 6.60. The van der Waals surface area contributed by atoms with Crippen LogP contribution in [0.1, 0.15) is 24.2 Å². The van der Waals surface area contributed by atoms with Gasteiger partial charge in [0.25, 0.3) is 5.91 Å². The Morgan fingerprint density at radius 1 is 1.21 bits per heavy atom. The fourth-order valence-corrected chi connectivity index (χ4v) is 1.78. The van der Waals surface area contributed by atoms with Gasteiger partial charge in [-0.15, -0.1) is 0 Å². The maximum Gasteiger partial charge on any atom is 0.251 e. The van der Waals surface area contributed by atoms with E-state index in [4.69, 9.17) is 4.84 Å². The molecule has 0 unspecified atom stereocenters. The van der Waals surface area contributed by atoms with Gasteiger partial charge >= 0.3 is 0 Å². The van der Waals surface area contributed by atoms with Gasteiger partial charge in [0.1, 0.15) is 0 Å². The molecule has 1 amide bonds. The second-order valence-corrected chi connectivity index (χ2v) is 4.17. The fraction of sp³-hybridized carbons (Fsp3) is 0.500. The molecule has 1 aromatic carbocycles. The molecule has 0 aliphatic rings. The Morgan fingerprint density at radius 3 is 2.37 bits per heavy atom. The van der Waals surface area contributed by atoms with Gasteiger partial charge in [-0.05, 0) is 37.4 Å². The quantitative estimate of drug-likeness (QED) is 0.703. The molecule has 0 spiro atoms. The van der Waals surface area contributed by atoms with Crippen molar-refractivity contribution in [1.29, 1.82) is 0 Å². The fourth-order valence-electron chi connectivity index (χ4n) is 1.78. The lowest BCUT2D eigenvalue weighted by Gasteiger charge is -2.17. The summed E-state index contributed by atoms with van der Waals surface area (Å²) in [7, 11) is 1.55. The van der Waals surface area contributed by atoms with E-state index in [0.717, 1.165) is 25.3 Å². The van der Waals surface area contributed by atoms with E-state index in [1.807, 2.05) is 12.1 Å². The largest absolute Gasteiger partial charge is 0.351 e. The smallest absolute Gasteiger partial charge is 0.251 e. The van der Waals surface area contributed by atoms with Crippen LogP contribution < -0.4 is 10.8 Å². The summed E-state index contributed by atoms with van der Waals surface area (Å²) in [6, 6.07) is 7.16. The van der Waals surface area contributed by atoms with Gasteiger partial charge in [0, 0.05) is 18.7 Å². The van der Waals surface area contributed by atoms with E-state index in [0.29, 0.717) is 12.1 Å². The van der Waals surface area contributed by atoms with E-state index >= 15 is 0 Å². The van der Waals surface area contributed by atoms with E-state index in [1.54, 1.807) is 19.2 Å². The molecule has 5 nitrogen and oxygen atoms in total. The predicted molar refractivity (Wildman–Crippen MR) is 77.2 cm³/mol. The number of hydrogen-bond donors (Lipinski definition) is 2. The van der Waals surface area contributed by atoms with Crippen LogP contribution in [0, 0.1) is 0 Å². The van der Waals surface area contributed by atoms with Crippen molar-refractivity contribution in [2.75, 3.05) is 38.8 Å². The summed E-state index contributed by atoms with van der Waals surface area (Å²) in [5.74, 6) is -0.0453. The molecule has 1 aromatic rings. The van der Waals surface area contributed by atoms with Gasteiger partial charge in [-0.2, -0.15) is 0 Å². The molecule has 2 N–H and O–H groups in total. The Kier molecular flexibility index (Phi) is 6.92. The van der Waals surface area contributed by atoms with Crippen LogP contribution in [0.3, 0.4) is 0 Å². The number of nitrogens with one attached hydrogen (secondary N) is 2. The van der Waals surface area contributed by atoms with Crippen molar-refractivity contribution in [1.82, 2.24) is 10.2 Å². The van der Waals surface area contributed by atoms with Crippen molar-refractivity contribution in [2.45, 2.75) is 13.8 Å². The van der Waals surface area contributed by atoms with Gasteiger partial charge in [-0.25, -0.2) is 0 Å². The molecule has 0 aromatic heterocycles. The van der Waals surface area contributed by atoms with Crippen LogP contribution in [0.5, 0.6) is 0 Å². The molecule has 0 saturated carbocycles. The van der Waals surface area contributed by atoms with Crippen LogP contribution in [-0.2, 0) is 4.84 Å². The molecule has 0 saturated heterocycles. The summed E-state index contributed by atoms with van der Waals surface area (Å²) in [4.78, 5) is 18.9.